The van der Waals surface area contributed by atoms with Gasteiger partial charge in [0, 0.05) is 17.4 Å². The molecule has 3 nitrogen and oxygen atoms in total. The summed E-state index contributed by atoms with van der Waals surface area (Å²) in [4.78, 5) is 17.0. The lowest BCUT2D eigenvalue weighted by atomic mass is 9.86. The molecule has 0 radical (unpaired) electrons. The second kappa shape index (κ2) is 6.32. The highest BCUT2D eigenvalue weighted by atomic mass is 32.1. The molecule has 2 aromatic rings. The Morgan fingerprint density at radius 2 is 2.17 bits per heavy atom. The average molecular weight is 340 g/mol. The van der Waals surface area contributed by atoms with Gasteiger partial charge in [-0.2, -0.15) is 0 Å². The van der Waals surface area contributed by atoms with Gasteiger partial charge < -0.3 is 5.32 Å². The van der Waals surface area contributed by atoms with Crippen LogP contribution in [0.4, 0.5) is 5.13 Å². The Labute approximate surface area is 147 Å². The number of thiazole rings is 1. The molecule has 0 unspecified atom stereocenters. The van der Waals surface area contributed by atoms with E-state index in [0.717, 1.165) is 28.2 Å². The fourth-order valence-electron chi connectivity index (χ4n) is 4.50. The summed E-state index contributed by atoms with van der Waals surface area (Å²) in [7, 11) is 0. The van der Waals surface area contributed by atoms with E-state index in [1.807, 2.05) is 5.38 Å². The van der Waals surface area contributed by atoms with E-state index in [4.69, 9.17) is 0 Å². The van der Waals surface area contributed by atoms with Crippen molar-refractivity contribution in [3.05, 3.63) is 34.7 Å². The third kappa shape index (κ3) is 3.12. The van der Waals surface area contributed by atoms with Crippen LogP contribution in [-0.2, 0) is 4.79 Å². The Kier molecular flexibility index (Phi) is 4.17. The van der Waals surface area contributed by atoms with Crippen molar-refractivity contribution in [1.82, 2.24) is 4.98 Å². The van der Waals surface area contributed by atoms with Gasteiger partial charge in [0.1, 0.15) is 0 Å². The number of aryl methyl sites for hydroxylation is 2. The molecule has 0 spiro atoms. The third-order valence-corrected chi connectivity index (χ3v) is 6.51. The fourth-order valence-corrected chi connectivity index (χ4v) is 5.23. The number of amides is 1. The molecule has 0 aliphatic heterocycles. The molecule has 4 rings (SSSR count). The zero-order chi connectivity index (χ0) is 16.7. The zero-order valence-corrected chi connectivity index (χ0v) is 15.2. The highest BCUT2D eigenvalue weighted by molar-refractivity contribution is 7.14. The number of carbonyl (C=O) groups is 1. The summed E-state index contributed by atoms with van der Waals surface area (Å²) in [6, 6.07) is 6.39. The molecular formula is C20H24N2OS. The van der Waals surface area contributed by atoms with Crippen molar-refractivity contribution in [1.29, 1.82) is 0 Å². The Morgan fingerprint density at radius 3 is 2.92 bits per heavy atom. The predicted molar refractivity (Wildman–Crippen MR) is 99.2 cm³/mol. The lowest BCUT2D eigenvalue weighted by molar-refractivity contribution is -0.117. The zero-order valence-electron chi connectivity index (χ0n) is 14.3. The topological polar surface area (TPSA) is 42.0 Å². The molecule has 24 heavy (non-hydrogen) atoms. The maximum absolute atomic E-state index is 12.4. The van der Waals surface area contributed by atoms with Crippen molar-refractivity contribution in [2.45, 2.75) is 46.0 Å². The van der Waals surface area contributed by atoms with Gasteiger partial charge in [0.15, 0.2) is 5.13 Å². The van der Waals surface area contributed by atoms with Gasteiger partial charge in [-0.3, -0.25) is 4.79 Å². The van der Waals surface area contributed by atoms with Gasteiger partial charge in [-0.25, -0.2) is 4.98 Å². The van der Waals surface area contributed by atoms with E-state index in [9.17, 15) is 4.79 Å². The van der Waals surface area contributed by atoms with E-state index >= 15 is 0 Å². The van der Waals surface area contributed by atoms with Crippen molar-refractivity contribution >= 4 is 22.4 Å². The van der Waals surface area contributed by atoms with Crippen LogP contribution in [0, 0.1) is 31.6 Å². The lowest BCUT2D eigenvalue weighted by Crippen LogP contribution is -2.20. The van der Waals surface area contributed by atoms with Gasteiger partial charge in [0.2, 0.25) is 5.91 Å². The van der Waals surface area contributed by atoms with Gasteiger partial charge in [-0.1, -0.05) is 24.1 Å². The van der Waals surface area contributed by atoms with Gasteiger partial charge in [0.25, 0.3) is 0 Å². The molecule has 2 aliphatic rings. The van der Waals surface area contributed by atoms with Gasteiger partial charge in [0.05, 0.1) is 5.69 Å². The van der Waals surface area contributed by atoms with Gasteiger partial charge in [-0.05, 0) is 62.5 Å². The Hall–Kier alpha value is -1.68. The number of fused-ring (bicyclic) bond motifs is 2. The standard InChI is InChI=1S/C20H24N2OS/c1-12-3-4-13(2)17(7-12)18-11-24-20(21-18)22-19(23)10-16-9-14-5-6-15(16)8-14/h3-4,7,11,14-16H,5-6,8-10H2,1-2H3,(H,21,22,23)/t14-,15+,16+/m0/s1. The molecule has 3 atom stereocenters. The normalized spacial score (nSPS) is 25.2. The van der Waals surface area contributed by atoms with Crippen LogP contribution in [0.1, 0.15) is 43.2 Å². The number of nitrogens with zero attached hydrogens (tertiary/aromatic N) is 1. The van der Waals surface area contributed by atoms with E-state index < -0.39 is 0 Å². The highest BCUT2D eigenvalue weighted by Crippen LogP contribution is 2.49. The van der Waals surface area contributed by atoms with Crippen LogP contribution in [0.2, 0.25) is 0 Å². The van der Waals surface area contributed by atoms with Crippen molar-refractivity contribution in [2.75, 3.05) is 5.32 Å². The van der Waals surface area contributed by atoms with Crippen LogP contribution in [0.5, 0.6) is 0 Å². The molecule has 1 heterocycles. The highest BCUT2D eigenvalue weighted by Gasteiger charge is 2.40. The molecule has 2 aliphatic carbocycles. The Bertz CT molecular complexity index is 767. The number of aromatic nitrogens is 1. The number of carbonyl (C=O) groups excluding carboxylic acids is 1. The average Bonchev–Trinajstić information content (AvgIpc) is 3.26. The third-order valence-electron chi connectivity index (χ3n) is 5.75. The summed E-state index contributed by atoms with van der Waals surface area (Å²) < 4.78 is 0. The molecular weight excluding hydrogens is 316 g/mol. The largest absolute Gasteiger partial charge is 0.302 e. The van der Waals surface area contributed by atoms with Crippen molar-refractivity contribution in [3.8, 4) is 11.3 Å². The van der Waals surface area contributed by atoms with Crippen LogP contribution in [0.25, 0.3) is 11.3 Å². The molecule has 1 N–H and O–H groups in total. The van der Waals surface area contributed by atoms with Crippen LogP contribution in [0.15, 0.2) is 23.6 Å². The van der Waals surface area contributed by atoms with Crippen molar-refractivity contribution < 1.29 is 4.79 Å². The second-order valence-electron chi connectivity index (χ2n) is 7.54. The number of benzene rings is 1. The number of rotatable bonds is 4. The van der Waals surface area contributed by atoms with Crippen LogP contribution in [-0.4, -0.2) is 10.9 Å². The van der Waals surface area contributed by atoms with Crippen LogP contribution >= 0.6 is 11.3 Å². The number of hydrogen-bond acceptors (Lipinski definition) is 3. The summed E-state index contributed by atoms with van der Waals surface area (Å²) >= 11 is 1.52. The summed E-state index contributed by atoms with van der Waals surface area (Å²) in [6.45, 7) is 4.19. The van der Waals surface area contributed by atoms with Gasteiger partial charge >= 0.3 is 0 Å². The van der Waals surface area contributed by atoms with E-state index in [1.54, 1.807) is 0 Å². The van der Waals surface area contributed by atoms with E-state index in [-0.39, 0.29) is 5.91 Å². The molecule has 4 heteroatoms. The first kappa shape index (κ1) is 15.8. The first-order valence-electron chi connectivity index (χ1n) is 8.91. The van der Waals surface area contributed by atoms with E-state index in [0.29, 0.717) is 12.3 Å². The molecule has 1 aromatic carbocycles. The molecule has 126 valence electrons. The molecule has 2 saturated carbocycles. The summed E-state index contributed by atoms with van der Waals surface area (Å²) in [5.41, 5.74) is 4.55. The summed E-state index contributed by atoms with van der Waals surface area (Å²) in [5.74, 6) is 2.42. The second-order valence-corrected chi connectivity index (χ2v) is 8.40. The fraction of sp³-hybridized carbons (Fsp3) is 0.500. The molecule has 1 amide bonds. The smallest absolute Gasteiger partial charge is 0.226 e. The quantitative estimate of drug-likeness (QED) is 0.832. The summed E-state index contributed by atoms with van der Waals surface area (Å²) in [5, 5.41) is 5.78. The minimum Gasteiger partial charge on any atom is -0.302 e. The minimum absolute atomic E-state index is 0.134. The maximum Gasteiger partial charge on any atom is 0.226 e. The van der Waals surface area contributed by atoms with Crippen LogP contribution < -0.4 is 5.32 Å². The SMILES string of the molecule is Cc1ccc(C)c(-c2csc(NC(=O)C[C@H]3C[C@H]4CC[C@@H]3C4)n2)c1. The monoisotopic (exact) mass is 340 g/mol. The molecule has 0 saturated heterocycles. The lowest BCUT2D eigenvalue weighted by Gasteiger charge is -2.20. The molecule has 1 aromatic heterocycles. The molecule has 2 fully saturated rings. The Morgan fingerprint density at radius 1 is 1.29 bits per heavy atom. The predicted octanol–water partition coefficient (Wildman–Crippen LogP) is 5.19. The maximum atomic E-state index is 12.4. The molecule has 2 bridgehead atoms. The summed E-state index contributed by atoms with van der Waals surface area (Å²) in [6.07, 6.45) is 5.99. The van der Waals surface area contributed by atoms with Gasteiger partial charge in [-0.15, -0.1) is 11.3 Å². The van der Waals surface area contributed by atoms with E-state index in [1.165, 1.54) is 48.1 Å². The number of nitrogens with one attached hydrogen (secondary N) is 1. The Balaban J connectivity index is 1.41. The first-order valence-corrected chi connectivity index (χ1v) is 9.79. The first-order chi connectivity index (χ1) is 11.6. The number of anilines is 1. The minimum atomic E-state index is 0.134. The van der Waals surface area contributed by atoms with E-state index in [2.05, 4.69) is 42.3 Å². The number of hydrogen-bond donors (Lipinski definition) is 1. The van der Waals surface area contributed by atoms with Crippen molar-refractivity contribution in [3.63, 3.8) is 0 Å². The van der Waals surface area contributed by atoms with Crippen molar-refractivity contribution in [2.24, 2.45) is 17.8 Å². The van der Waals surface area contributed by atoms with Crippen LogP contribution in [0.3, 0.4) is 0 Å².